The molecule has 3 aromatic rings. The Balaban J connectivity index is 1.64. The molecule has 4 rings (SSSR count). The summed E-state index contributed by atoms with van der Waals surface area (Å²) in [4.78, 5) is 18.4. The molecule has 0 spiro atoms. The van der Waals surface area contributed by atoms with Crippen molar-refractivity contribution >= 4 is 17.3 Å². The van der Waals surface area contributed by atoms with E-state index in [1.807, 2.05) is 50.5 Å². The van der Waals surface area contributed by atoms with Crippen molar-refractivity contribution in [3.05, 3.63) is 60.2 Å². The van der Waals surface area contributed by atoms with Crippen molar-refractivity contribution in [1.82, 2.24) is 9.88 Å². The highest BCUT2D eigenvalue weighted by molar-refractivity contribution is 5.81. The predicted molar refractivity (Wildman–Crippen MR) is 122 cm³/mol. The van der Waals surface area contributed by atoms with Gasteiger partial charge < -0.3 is 30.2 Å². The number of anilines is 2. The fourth-order valence-electron chi connectivity index (χ4n) is 3.54. The number of nitrogens with one attached hydrogen (secondary N) is 1. The molecule has 0 saturated heterocycles. The van der Waals surface area contributed by atoms with Crippen LogP contribution in [0.2, 0.25) is 0 Å². The van der Waals surface area contributed by atoms with Gasteiger partial charge in [-0.05, 0) is 56.1 Å². The number of benzene rings is 2. The van der Waals surface area contributed by atoms with Crippen LogP contribution in [0.1, 0.15) is 5.56 Å². The number of rotatable bonds is 7. The van der Waals surface area contributed by atoms with E-state index in [0.717, 1.165) is 17.9 Å². The predicted octanol–water partition coefficient (Wildman–Crippen LogP) is 3.19. The molecule has 1 atom stereocenters. The Morgan fingerprint density at radius 2 is 2.03 bits per heavy atom. The fourth-order valence-corrected chi connectivity index (χ4v) is 3.54. The molecule has 2 aromatic carbocycles. The van der Waals surface area contributed by atoms with Gasteiger partial charge in [0.1, 0.15) is 12.3 Å². The van der Waals surface area contributed by atoms with E-state index in [-0.39, 0.29) is 6.61 Å². The monoisotopic (exact) mass is 434 g/mol. The van der Waals surface area contributed by atoms with Crippen LogP contribution >= 0.6 is 0 Å². The molecular formula is C24H26N4O4. The van der Waals surface area contributed by atoms with Gasteiger partial charge in [0.2, 0.25) is 12.0 Å². The minimum atomic E-state index is -0.846. The van der Waals surface area contributed by atoms with E-state index in [0.29, 0.717) is 28.6 Å². The number of para-hydroxylation sites is 1. The molecule has 0 unspecified atom stereocenters. The second-order valence-electron chi connectivity index (χ2n) is 7.77. The number of primary amides is 1. The number of carbonyl (C=O) groups is 1. The number of fused-ring (bicyclic) bond motifs is 1. The van der Waals surface area contributed by atoms with Crippen molar-refractivity contribution < 1.29 is 19.0 Å². The van der Waals surface area contributed by atoms with Gasteiger partial charge in [0.25, 0.3) is 5.91 Å². The minimum Gasteiger partial charge on any atom is -0.485 e. The van der Waals surface area contributed by atoms with Gasteiger partial charge in [0, 0.05) is 17.8 Å². The molecule has 0 aliphatic carbocycles. The van der Waals surface area contributed by atoms with Crippen molar-refractivity contribution in [3.63, 3.8) is 0 Å². The zero-order valence-electron chi connectivity index (χ0n) is 18.3. The summed E-state index contributed by atoms with van der Waals surface area (Å²) >= 11 is 0. The van der Waals surface area contributed by atoms with Gasteiger partial charge in [0.15, 0.2) is 11.5 Å². The Morgan fingerprint density at radius 3 is 2.78 bits per heavy atom. The molecule has 1 aliphatic rings. The molecular weight excluding hydrogens is 408 g/mol. The van der Waals surface area contributed by atoms with Crippen molar-refractivity contribution in [2.45, 2.75) is 12.6 Å². The lowest BCUT2D eigenvalue weighted by atomic mass is 10.1. The van der Waals surface area contributed by atoms with E-state index in [2.05, 4.69) is 27.3 Å². The van der Waals surface area contributed by atoms with Crippen LogP contribution in [-0.4, -0.2) is 49.7 Å². The molecule has 2 heterocycles. The highest BCUT2D eigenvalue weighted by Gasteiger charge is 2.28. The number of carbonyl (C=O) groups excluding carboxylic acids is 1. The Morgan fingerprint density at radius 1 is 1.22 bits per heavy atom. The highest BCUT2D eigenvalue weighted by Crippen LogP contribution is 2.41. The number of pyridine rings is 1. The average molecular weight is 434 g/mol. The fraction of sp³-hybridized carbons (Fsp3) is 0.250. The van der Waals surface area contributed by atoms with Crippen LogP contribution in [0.15, 0.2) is 54.6 Å². The average Bonchev–Trinajstić information content (AvgIpc) is 2.78. The maximum Gasteiger partial charge on any atom is 0.262 e. The van der Waals surface area contributed by atoms with Gasteiger partial charge in [-0.2, -0.15) is 0 Å². The molecule has 8 heteroatoms. The summed E-state index contributed by atoms with van der Waals surface area (Å²) in [6.07, 6.45) is -0.846. The van der Waals surface area contributed by atoms with Crippen molar-refractivity contribution in [2.24, 2.45) is 5.73 Å². The second-order valence-corrected chi connectivity index (χ2v) is 7.77. The molecule has 8 nitrogen and oxygen atoms in total. The van der Waals surface area contributed by atoms with Crippen LogP contribution in [-0.2, 0) is 11.3 Å². The van der Waals surface area contributed by atoms with Gasteiger partial charge in [-0.15, -0.1) is 0 Å². The topological polar surface area (TPSA) is 98.9 Å². The van der Waals surface area contributed by atoms with E-state index in [9.17, 15) is 4.79 Å². The number of hydrogen-bond donors (Lipinski definition) is 2. The van der Waals surface area contributed by atoms with E-state index >= 15 is 0 Å². The highest BCUT2D eigenvalue weighted by atomic mass is 16.6. The number of amides is 1. The quantitative estimate of drug-likeness (QED) is 0.589. The van der Waals surface area contributed by atoms with E-state index in [1.165, 1.54) is 5.56 Å². The third-order valence-corrected chi connectivity index (χ3v) is 4.98. The van der Waals surface area contributed by atoms with Gasteiger partial charge in [-0.3, -0.25) is 4.79 Å². The lowest BCUT2D eigenvalue weighted by molar-refractivity contribution is -0.126. The van der Waals surface area contributed by atoms with E-state index in [1.54, 1.807) is 13.2 Å². The van der Waals surface area contributed by atoms with Crippen LogP contribution < -0.4 is 25.3 Å². The Bertz CT molecular complexity index is 1130. The van der Waals surface area contributed by atoms with Crippen LogP contribution in [0.4, 0.5) is 11.4 Å². The number of aromatic nitrogens is 1. The van der Waals surface area contributed by atoms with E-state index < -0.39 is 12.0 Å². The summed E-state index contributed by atoms with van der Waals surface area (Å²) in [6.45, 7) is 0.926. The van der Waals surface area contributed by atoms with Crippen molar-refractivity contribution in [1.29, 1.82) is 0 Å². The largest absolute Gasteiger partial charge is 0.485 e. The lowest BCUT2D eigenvalue weighted by Gasteiger charge is -2.26. The molecule has 32 heavy (non-hydrogen) atoms. The first kappa shape index (κ1) is 21.5. The van der Waals surface area contributed by atoms with E-state index in [4.69, 9.17) is 19.9 Å². The first-order chi connectivity index (χ1) is 15.4. The van der Waals surface area contributed by atoms with Crippen LogP contribution in [0, 0.1) is 0 Å². The third kappa shape index (κ3) is 4.60. The molecule has 3 N–H and O–H groups in total. The zero-order chi connectivity index (χ0) is 22.7. The summed E-state index contributed by atoms with van der Waals surface area (Å²) in [7, 11) is 5.64. The summed E-state index contributed by atoms with van der Waals surface area (Å²) in [5.74, 6) is 0.836. The normalized spacial score (nSPS) is 14.8. The number of hydrogen-bond acceptors (Lipinski definition) is 7. The van der Waals surface area contributed by atoms with Crippen LogP contribution in [0.25, 0.3) is 11.3 Å². The molecule has 166 valence electrons. The smallest absolute Gasteiger partial charge is 0.262 e. The Labute approximate surface area is 186 Å². The van der Waals surface area contributed by atoms with Crippen LogP contribution in [0.5, 0.6) is 17.4 Å². The molecule has 1 aromatic heterocycles. The number of nitrogens with zero attached hydrogens (tertiary/aromatic N) is 2. The number of methoxy groups -OCH3 is 1. The molecule has 0 bridgehead atoms. The molecule has 0 saturated carbocycles. The Hall–Kier alpha value is -3.78. The molecule has 0 radical (unpaired) electrons. The minimum absolute atomic E-state index is 0.0816. The maximum atomic E-state index is 11.6. The van der Waals surface area contributed by atoms with Gasteiger partial charge in [0.05, 0.1) is 12.8 Å². The maximum absolute atomic E-state index is 11.6. The van der Waals surface area contributed by atoms with Crippen LogP contribution in [0.3, 0.4) is 0 Å². The lowest BCUT2D eigenvalue weighted by Crippen LogP contribution is -2.41. The third-order valence-electron chi connectivity index (χ3n) is 4.98. The number of nitrogens with two attached hydrogens (primary N) is 1. The van der Waals surface area contributed by atoms with Crippen molar-refractivity contribution in [3.8, 4) is 28.6 Å². The van der Waals surface area contributed by atoms with Gasteiger partial charge in [-0.25, -0.2) is 4.98 Å². The Kier molecular flexibility index (Phi) is 6.13. The standard InChI is InChI=1S/C24H26N4O4/c1-28(2)13-15-6-4-7-16(12-15)26-19-11-10-18(27-24(19)30-3)17-8-5-9-20-22(17)32-21(14-31-20)23(25)29/h4-12,21,26H,13-14H2,1-3H3,(H2,25,29)/t21-/m1/s1. The first-order valence-corrected chi connectivity index (χ1v) is 10.2. The summed E-state index contributed by atoms with van der Waals surface area (Å²) < 4.78 is 17.0. The van der Waals surface area contributed by atoms with Crippen molar-refractivity contribution in [2.75, 3.05) is 33.1 Å². The SMILES string of the molecule is COc1nc(-c2cccc3c2O[C@@H](C(N)=O)CO3)ccc1Nc1cccc(CN(C)C)c1. The summed E-state index contributed by atoms with van der Waals surface area (Å²) in [6, 6.07) is 17.4. The van der Waals surface area contributed by atoms with Gasteiger partial charge >= 0.3 is 0 Å². The molecule has 1 amide bonds. The van der Waals surface area contributed by atoms with Gasteiger partial charge in [-0.1, -0.05) is 18.2 Å². The summed E-state index contributed by atoms with van der Waals surface area (Å²) in [5, 5.41) is 3.38. The first-order valence-electron chi connectivity index (χ1n) is 10.2. The molecule has 1 aliphatic heterocycles. The zero-order valence-corrected chi connectivity index (χ0v) is 18.3. The molecule has 0 fully saturated rings. The summed E-state index contributed by atoms with van der Waals surface area (Å²) in [5.41, 5.74) is 9.58. The number of ether oxygens (including phenoxy) is 3. The second kappa shape index (κ2) is 9.15.